The van der Waals surface area contributed by atoms with Crippen molar-refractivity contribution in [3.63, 3.8) is 0 Å². The minimum Gasteiger partial charge on any atom is -0.468 e. The van der Waals surface area contributed by atoms with Crippen molar-refractivity contribution in [2.45, 2.75) is 25.4 Å². The van der Waals surface area contributed by atoms with E-state index in [1.165, 1.54) is 18.9 Å². The lowest BCUT2D eigenvalue weighted by molar-refractivity contribution is -0.137. The van der Waals surface area contributed by atoms with Crippen LogP contribution in [0.4, 0.5) is 0 Å². The molecule has 0 amide bonds. The van der Waals surface area contributed by atoms with Gasteiger partial charge < -0.3 is 10.1 Å². The Morgan fingerprint density at radius 1 is 1.60 bits per heavy atom. The third-order valence-corrected chi connectivity index (χ3v) is 4.46. The van der Waals surface area contributed by atoms with Gasteiger partial charge >= 0.3 is 5.97 Å². The number of hydrogen-bond donors (Lipinski definition) is 1. The van der Waals surface area contributed by atoms with Crippen LogP contribution in [0, 0.1) is 5.92 Å². The van der Waals surface area contributed by atoms with E-state index in [9.17, 15) is 4.79 Å². The molecule has 0 aliphatic carbocycles. The van der Waals surface area contributed by atoms with Gasteiger partial charge in [-0.2, -0.15) is 0 Å². The molecule has 0 saturated carbocycles. The van der Waals surface area contributed by atoms with Gasteiger partial charge in [-0.25, -0.2) is 4.98 Å². The normalized spacial score (nSPS) is 11.4. The van der Waals surface area contributed by atoms with E-state index in [0.29, 0.717) is 11.7 Å². The van der Waals surface area contributed by atoms with Gasteiger partial charge in [-0.05, 0) is 12.5 Å². The fraction of sp³-hybridized carbons (Fsp3) is 0.538. The molecule has 2 heterocycles. The molecule has 1 N–H and O–H groups in total. The van der Waals surface area contributed by atoms with E-state index in [1.54, 1.807) is 11.3 Å². The van der Waals surface area contributed by atoms with Crippen molar-refractivity contribution >= 4 is 34.0 Å². The van der Waals surface area contributed by atoms with Gasteiger partial charge in [0, 0.05) is 18.1 Å². The Morgan fingerprint density at radius 2 is 2.40 bits per heavy atom. The van der Waals surface area contributed by atoms with E-state index in [1.807, 2.05) is 11.6 Å². The Labute approximate surface area is 126 Å². The number of methoxy groups -OCH3 is 1. The van der Waals surface area contributed by atoms with Crippen molar-refractivity contribution in [3.05, 3.63) is 17.3 Å². The standard InChI is InChI=1S/C13H19N3O2S2/c1-9(2)6-14-7-10-12(20-8-11(17)18-3)15-13-16(10)4-5-19-13/h4-5,9,14H,6-8H2,1-3H3. The summed E-state index contributed by atoms with van der Waals surface area (Å²) in [5.74, 6) is 0.665. The van der Waals surface area contributed by atoms with E-state index in [-0.39, 0.29) is 5.97 Å². The summed E-state index contributed by atoms with van der Waals surface area (Å²) in [5, 5.41) is 6.34. The first kappa shape index (κ1) is 15.3. The van der Waals surface area contributed by atoms with Crippen molar-refractivity contribution in [3.8, 4) is 0 Å². The zero-order valence-electron chi connectivity index (χ0n) is 11.9. The lowest BCUT2D eigenvalue weighted by atomic mass is 10.2. The van der Waals surface area contributed by atoms with E-state index in [2.05, 4.69) is 33.3 Å². The van der Waals surface area contributed by atoms with Gasteiger partial charge in [-0.1, -0.05) is 25.6 Å². The Morgan fingerprint density at radius 3 is 3.10 bits per heavy atom. The molecule has 0 fully saturated rings. The lowest BCUT2D eigenvalue weighted by Gasteiger charge is -2.08. The molecule has 0 saturated heterocycles. The average molecular weight is 313 g/mol. The van der Waals surface area contributed by atoms with Gasteiger partial charge in [-0.3, -0.25) is 9.20 Å². The van der Waals surface area contributed by atoms with Crippen LogP contribution in [0.3, 0.4) is 0 Å². The Hall–Kier alpha value is -1.05. The number of nitrogens with zero attached hydrogens (tertiary/aromatic N) is 2. The average Bonchev–Trinajstić information content (AvgIpc) is 2.97. The second-order valence-corrected chi connectivity index (χ2v) is 6.65. The maximum Gasteiger partial charge on any atom is 0.316 e. The molecule has 0 spiro atoms. The second-order valence-electron chi connectivity index (χ2n) is 4.81. The van der Waals surface area contributed by atoms with E-state index in [0.717, 1.165) is 28.8 Å². The number of carbonyl (C=O) groups excluding carboxylic acids is 1. The number of rotatable bonds is 7. The lowest BCUT2D eigenvalue weighted by Crippen LogP contribution is -2.20. The number of thiazole rings is 1. The first-order valence-corrected chi connectivity index (χ1v) is 8.33. The highest BCUT2D eigenvalue weighted by Gasteiger charge is 2.15. The number of imidazole rings is 1. The van der Waals surface area contributed by atoms with Gasteiger partial charge in [0.05, 0.1) is 18.6 Å². The largest absolute Gasteiger partial charge is 0.468 e. The Bertz CT molecular complexity index is 577. The summed E-state index contributed by atoms with van der Waals surface area (Å²) in [7, 11) is 1.40. The van der Waals surface area contributed by atoms with Gasteiger partial charge in [0.2, 0.25) is 0 Å². The molecule has 0 aliphatic rings. The number of esters is 1. The predicted molar refractivity (Wildman–Crippen MR) is 82.4 cm³/mol. The minimum absolute atomic E-state index is 0.229. The molecule has 0 unspecified atom stereocenters. The molecular weight excluding hydrogens is 294 g/mol. The van der Waals surface area contributed by atoms with Crippen LogP contribution in [0.5, 0.6) is 0 Å². The first-order valence-electron chi connectivity index (χ1n) is 6.46. The van der Waals surface area contributed by atoms with Gasteiger partial charge in [0.25, 0.3) is 0 Å². The summed E-state index contributed by atoms with van der Waals surface area (Å²) in [6.07, 6.45) is 2.02. The number of carbonyl (C=O) groups is 1. The van der Waals surface area contributed by atoms with E-state index in [4.69, 9.17) is 0 Å². The van der Waals surface area contributed by atoms with Crippen LogP contribution in [0.2, 0.25) is 0 Å². The van der Waals surface area contributed by atoms with E-state index >= 15 is 0 Å². The quantitative estimate of drug-likeness (QED) is 0.628. The van der Waals surface area contributed by atoms with Crippen molar-refractivity contribution in [1.82, 2.24) is 14.7 Å². The van der Waals surface area contributed by atoms with Gasteiger partial charge in [0.15, 0.2) is 4.96 Å². The smallest absolute Gasteiger partial charge is 0.316 e. The molecule has 0 aromatic carbocycles. The highest BCUT2D eigenvalue weighted by molar-refractivity contribution is 7.99. The van der Waals surface area contributed by atoms with Crippen LogP contribution in [0.1, 0.15) is 19.5 Å². The molecule has 110 valence electrons. The summed E-state index contributed by atoms with van der Waals surface area (Å²) < 4.78 is 6.75. The fourth-order valence-corrected chi connectivity index (χ4v) is 3.41. The fourth-order valence-electron chi connectivity index (χ4n) is 1.75. The first-order chi connectivity index (χ1) is 9.61. The number of nitrogens with one attached hydrogen (secondary N) is 1. The number of ether oxygens (including phenoxy) is 1. The molecule has 2 aromatic rings. The highest BCUT2D eigenvalue weighted by atomic mass is 32.2. The molecule has 0 bridgehead atoms. The number of aromatic nitrogens is 2. The summed E-state index contributed by atoms with van der Waals surface area (Å²) in [6, 6.07) is 0. The van der Waals surface area contributed by atoms with Crippen molar-refractivity contribution in [2.75, 3.05) is 19.4 Å². The molecule has 0 radical (unpaired) electrons. The minimum atomic E-state index is -0.229. The molecule has 7 heteroatoms. The molecule has 0 aliphatic heterocycles. The molecular formula is C13H19N3O2S2. The van der Waals surface area contributed by atoms with Crippen LogP contribution in [-0.4, -0.2) is 34.8 Å². The van der Waals surface area contributed by atoms with Gasteiger partial charge in [-0.15, -0.1) is 11.3 Å². The van der Waals surface area contributed by atoms with Crippen molar-refractivity contribution < 1.29 is 9.53 Å². The third kappa shape index (κ3) is 3.74. The molecule has 20 heavy (non-hydrogen) atoms. The predicted octanol–water partition coefficient (Wildman–Crippen LogP) is 2.41. The van der Waals surface area contributed by atoms with Crippen LogP contribution in [-0.2, 0) is 16.1 Å². The molecule has 5 nitrogen and oxygen atoms in total. The summed E-state index contributed by atoms with van der Waals surface area (Å²) in [5.41, 5.74) is 1.11. The number of fused-ring (bicyclic) bond motifs is 1. The van der Waals surface area contributed by atoms with E-state index < -0.39 is 0 Å². The topological polar surface area (TPSA) is 55.6 Å². The summed E-state index contributed by atoms with van der Waals surface area (Å²) >= 11 is 3.03. The zero-order valence-corrected chi connectivity index (χ0v) is 13.5. The van der Waals surface area contributed by atoms with Crippen LogP contribution < -0.4 is 5.32 Å². The third-order valence-electron chi connectivity index (χ3n) is 2.72. The highest BCUT2D eigenvalue weighted by Crippen LogP contribution is 2.26. The number of hydrogen-bond acceptors (Lipinski definition) is 6. The summed E-state index contributed by atoms with van der Waals surface area (Å²) in [4.78, 5) is 16.8. The van der Waals surface area contributed by atoms with Crippen LogP contribution in [0.15, 0.2) is 16.6 Å². The molecule has 0 atom stereocenters. The maximum absolute atomic E-state index is 11.3. The maximum atomic E-state index is 11.3. The number of thioether (sulfide) groups is 1. The van der Waals surface area contributed by atoms with Gasteiger partial charge in [0.1, 0.15) is 5.03 Å². The van der Waals surface area contributed by atoms with Crippen molar-refractivity contribution in [2.24, 2.45) is 5.92 Å². The zero-order chi connectivity index (χ0) is 14.5. The summed E-state index contributed by atoms with van der Waals surface area (Å²) in [6.45, 7) is 6.06. The van der Waals surface area contributed by atoms with Crippen LogP contribution in [0.25, 0.3) is 4.96 Å². The molecule has 2 rings (SSSR count). The van der Waals surface area contributed by atoms with Crippen LogP contribution >= 0.6 is 23.1 Å². The molecule has 2 aromatic heterocycles. The monoisotopic (exact) mass is 313 g/mol. The SMILES string of the molecule is COC(=O)CSc1nc2sccn2c1CNCC(C)C. The Kier molecular flexibility index (Phi) is 5.45. The Balaban J connectivity index is 2.11. The van der Waals surface area contributed by atoms with Crippen molar-refractivity contribution in [1.29, 1.82) is 0 Å². The second kappa shape index (κ2) is 7.10.